The number of benzene rings is 1. The van der Waals surface area contributed by atoms with E-state index in [1.807, 2.05) is 34.9 Å². The molecule has 1 saturated heterocycles. The van der Waals surface area contributed by atoms with Crippen molar-refractivity contribution in [3.8, 4) is 5.75 Å². The molecule has 1 N–H and O–H groups in total. The van der Waals surface area contributed by atoms with Crippen molar-refractivity contribution in [3.05, 3.63) is 53.3 Å². The number of H-pyrrole nitrogens is 1. The molecule has 0 unspecified atom stereocenters. The summed E-state index contributed by atoms with van der Waals surface area (Å²) in [5.74, 6) is 0.833. The van der Waals surface area contributed by atoms with Crippen LogP contribution >= 0.6 is 0 Å². The first kappa shape index (κ1) is 18.0. The van der Waals surface area contributed by atoms with Crippen molar-refractivity contribution in [1.82, 2.24) is 14.8 Å². The maximum Gasteiger partial charge on any atom is 0.255 e. The molecule has 2 amide bonds. The normalized spacial score (nSPS) is 14.8. The van der Waals surface area contributed by atoms with Crippen molar-refractivity contribution < 1.29 is 14.3 Å². The smallest absolute Gasteiger partial charge is 0.255 e. The first-order valence-corrected chi connectivity index (χ1v) is 9.02. The minimum Gasteiger partial charge on any atom is -0.496 e. The summed E-state index contributed by atoms with van der Waals surface area (Å²) in [6.45, 7) is 4.46. The second kappa shape index (κ2) is 8.08. The molecule has 26 heavy (non-hydrogen) atoms. The number of methoxy groups -OCH3 is 1. The lowest BCUT2D eigenvalue weighted by Crippen LogP contribution is -2.37. The number of aryl methyl sites for hydroxylation is 1. The third kappa shape index (κ3) is 3.74. The van der Waals surface area contributed by atoms with E-state index in [0.717, 1.165) is 24.2 Å². The van der Waals surface area contributed by atoms with Crippen LogP contribution in [0.2, 0.25) is 0 Å². The van der Waals surface area contributed by atoms with E-state index in [1.165, 1.54) is 0 Å². The first-order valence-electron chi connectivity index (χ1n) is 9.02. The molecule has 0 atom stereocenters. The van der Waals surface area contributed by atoms with Crippen LogP contribution < -0.4 is 4.74 Å². The van der Waals surface area contributed by atoms with Crippen LogP contribution in [-0.2, 0) is 6.42 Å². The van der Waals surface area contributed by atoms with Gasteiger partial charge >= 0.3 is 0 Å². The summed E-state index contributed by atoms with van der Waals surface area (Å²) in [5, 5.41) is 0. The Morgan fingerprint density at radius 3 is 2.31 bits per heavy atom. The van der Waals surface area contributed by atoms with Crippen LogP contribution in [-0.4, -0.2) is 59.9 Å². The molecule has 0 spiro atoms. The largest absolute Gasteiger partial charge is 0.496 e. The monoisotopic (exact) mass is 355 g/mol. The number of carbonyl (C=O) groups excluding carboxylic acids is 2. The minimum atomic E-state index is 0.0123. The lowest BCUT2D eigenvalue weighted by molar-refractivity contribution is 0.0719. The highest BCUT2D eigenvalue weighted by Crippen LogP contribution is 2.21. The Morgan fingerprint density at radius 2 is 1.73 bits per heavy atom. The fourth-order valence-electron chi connectivity index (χ4n) is 3.33. The number of nitrogens with one attached hydrogen (secondary N) is 1. The van der Waals surface area contributed by atoms with Crippen LogP contribution in [0.25, 0.3) is 0 Å². The fraction of sp³-hybridized carbons (Fsp3) is 0.400. The third-order valence-electron chi connectivity index (χ3n) is 4.82. The summed E-state index contributed by atoms with van der Waals surface area (Å²) in [4.78, 5) is 32.0. The Morgan fingerprint density at radius 1 is 1.04 bits per heavy atom. The summed E-state index contributed by atoms with van der Waals surface area (Å²) in [6.07, 6.45) is 5.04. The summed E-state index contributed by atoms with van der Waals surface area (Å²) in [6, 6.07) is 7.36. The zero-order valence-electron chi connectivity index (χ0n) is 15.3. The summed E-state index contributed by atoms with van der Waals surface area (Å²) in [5.41, 5.74) is 2.36. The number of aromatic amines is 1. The van der Waals surface area contributed by atoms with Crippen LogP contribution in [0.4, 0.5) is 0 Å². The SMILES string of the molecule is CCc1cc(C(=O)N2CCCN(C(=O)c3cc[nH]c3)CC2)ccc1OC. The minimum absolute atomic E-state index is 0.0123. The Kier molecular flexibility index (Phi) is 5.61. The molecule has 0 aliphatic carbocycles. The number of amides is 2. The molecule has 2 aromatic rings. The van der Waals surface area contributed by atoms with Gasteiger partial charge in [0.1, 0.15) is 5.75 Å². The Bertz CT molecular complexity index is 771. The predicted molar refractivity (Wildman–Crippen MR) is 99.6 cm³/mol. The van der Waals surface area contributed by atoms with Gasteiger partial charge in [0.25, 0.3) is 11.8 Å². The summed E-state index contributed by atoms with van der Waals surface area (Å²) < 4.78 is 5.34. The highest BCUT2D eigenvalue weighted by atomic mass is 16.5. The zero-order chi connectivity index (χ0) is 18.5. The average molecular weight is 355 g/mol. The molecule has 6 nitrogen and oxygen atoms in total. The van der Waals surface area contributed by atoms with Gasteiger partial charge in [-0.3, -0.25) is 9.59 Å². The summed E-state index contributed by atoms with van der Waals surface area (Å²) >= 11 is 0. The quantitative estimate of drug-likeness (QED) is 0.917. The van der Waals surface area contributed by atoms with E-state index < -0.39 is 0 Å². The number of carbonyl (C=O) groups is 2. The van der Waals surface area contributed by atoms with E-state index >= 15 is 0 Å². The molecule has 3 rings (SSSR count). The number of rotatable bonds is 4. The first-order chi connectivity index (χ1) is 12.6. The Labute approximate surface area is 153 Å². The molecule has 1 fully saturated rings. The fourth-order valence-corrected chi connectivity index (χ4v) is 3.33. The predicted octanol–water partition coefficient (Wildman–Crippen LogP) is 2.57. The second-order valence-electron chi connectivity index (χ2n) is 6.42. The highest BCUT2D eigenvalue weighted by Gasteiger charge is 2.24. The van der Waals surface area contributed by atoms with E-state index in [2.05, 4.69) is 4.98 Å². The summed E-state index contributed by atoms with van der Waals surface area (Å²) in [7, 11) is 1.64. The molecule has 1 aromatic carbocycles. The highest BCUT2D eigenvalue weighted by molar-refractivity contribution is 5.95. The van der Waals surface area contributed by atoms with Gasteiger partial charge in [-0.25, -0.2) is 0 Å². The van der Waals surface area contributed by atoms with Crippen molar-refractivity contribution in [2.24, 2.45) is 0 Å². The van der Waals surface area contributed by atoms with E-state index in [9.17, 15) is 9.59 Å². The molecule has 138 valence electrons. The lowest BCUT2D eigenvalue weighted by atomic mass is 10.1. The van der Waals surface area contributed by atoms with Gasteiger partial charge in [0.05, 0.1) is 12.7 Å². The van der Waals surface area contributed by atoms with E-state index in [-0.39, 0.29) is 11.8 Å². The van der Waals surface area contributed by atoms with Crippen LogP contribution in [0.1, 0.15) is 39.6 Å². The molecular formula is C20H25N3O3. The van der Waals surface area contributed by atoms with Crippen LogP contribution in [0, 0.1) is 0 Å². The van der Waals surface area contributed by atoms with Crippen molar-refractivity contribution in [3.63, 3.8) is 0 Å². The third-order valence-corrected chi connectivity index (χ3v) is 4.82. The standard InChI is InChI=1S/C20H25N3O3/c1-3-15-13-16(5-6-18(15)26-2)19(24)22-9-4-10-23(12-11-22)20(25)17-7-8-21-14-17/h5-8,13-14,21H,3-4,9-12H2,1-2H3. The van der Waals surface area contributed by atoms with E-state index in [1.54, 1.807) is 25.6 Å². The number of hydrogen-bond donors (Lipinski definition) is 1. The van der Waals surface area contributed by atoms with E-state index in [0.29, 0.717) is 37.3 Å². The molecule has 0 bridgehead atoms. The average Bonchev–Trinajstić information content (AvgIpc) is 3.11. The van der Waals surface area contributed by atoms with Crippen molar-refractivity contribution in [2.75, 3.05) is 33.3 Å². The Balaban J connectivity index is 1.69. The number of nitrogens with zero attached hydrogens (tertiary/aromatic N) is 2. The maximum atomic E-state index is 12.9. The van der Waals surface area contributed by atoms with Gasteiger partial charge < -0.3 is 19.5 Å². The molecule has 6 heteroatoms. The van der Waals surface area contributed by atoms with E-state index in [4.69, 9.17) is 4.74 Å². The van der Waals surface area contributed by atoms with Crippen LogP contribution in [0.3, 0.4) is 0 Å². The van der Waals surface area contributed by atoms with Gasteiger partial charge in [-0.1, -0.05) is 6.92 Å². The van der Waals surface area contributed by atoms with Gasteiger partial charge in [0.15, 0.2) is 0 Å². The molecule has 0 radical (unpaired) electrons. The molecule has 0 saturated carbocycles. The number of hydrogen-bond acceptors (Lipinski definition) is 3. The van der Waals surface area contributed by atoms with Crippen LogP contribution in [0.15, 0.2) is 36.7 Å². The topological polar surface area (TPSA) is 65.6 Å². The second-order valence-corrected chi connectivity index (χ2v) is 6.42. The van der Waals surface area contributed by atoms with Crippen molar-refractivity contribution >= 4 is 11.8 Å². The maximum absolute atomic E-state index is 12.9. The van der Waals surface area contributed by atoms with Gasteiger partial charge in [0, 0.05) is 44.1 Å². The molecule has 1 aliphatic heterocycles. The van der Waals surface area contributed by atoms with Crippen molar-refractivity contribution in [1.29, 1.82) is 0 Å². The van der Waals surface area contributed by atoms with Gasteiger partial charge in [-0.05, 0) is 42.7 Å². The molecular weight excluding hydrogens is 330 g/mol. The number of ether oxygens (including phenoxy) is 1. The Hall–Kier alpha value is -2.76. The van der Waals surface area contributed by atoms with Crippen molar-refractivity contribution in [2.45, 2.75) is 19.8 Å². The molecule has 1 aromatic heterocycles. The van der Waals surface area contributed by atoms with Crippen LogP contribution in [0.5, 0.6) is 5.75 Å². The molecule has 1 aliphatic rings. The lowest BCUT2D eigenvalue weighted by Gasteiger charge is -2.22. The number of aromatic nitrogens is 1. The van der Waals surface area contributed by atoms with Gasteiger partial charge in [0.2, 0.25) is 0 Å². The van der Waals surface area contributed by atoms with Gasteiger partial charge in [-0.15, -0.1) is 0 Å². The van der Waals surface area contributed by atoms with Gasteiger partial charge in [-0.2, -0.15) is 0 Å². The zero-order valence-corrected chi connectivity index (χ0v) is 15.3. The molecule has 2 heterocycles.